The molecule has 0 bridgehead atoms. The maximum Gasteiger partial charge on any atom is 0.305 e. The van der Waals surface area contributed by atoms with Gasteiger partial charge in [0.1, 0.15) is 19.3 Å². The van der Waals surface area contributed by atoms with Gasteiger partial charge < -0.3 is 19.3 Å². The summed E-state index contributed by atoms with van der Waals surface area (Å²) in [7, 11) is 0. The van der Waals surface area contributed by atoms with E-state index < -0.39 is 6.10 Å². The maximum absolute atomic E-state index is 12.0. The van der Waals surface area contributed by atoms with E-state index in [2.05, 4.69) is 57.2 Å². The largest absolute Gasteiger partial charge is 0.463 e. The Morgan fingerprint density at radius 2 is 1.22 bits per heavy atom. The van der Waals surface area contributed by atoms with Crippen LogP contribution in [0.15, 0.2) is 36.5 Å². The topological polar surface area (TPSA) is 85.4 Å². The van der Waals surface area contributed by atoms with Crippen molar-refractivity contribution in [3.63, 3.8) is 0 Å². The van der Waals surface area contributed by atoms with Crippen LogP contribution >= 0.6 is 0 Å². The molecule has 1 aliphatic rings. The molecule has 0 amide bonds. The lowest BCUT2D eigenvalue weighted by molar-refractivity contribution is -0.152. The number of hydrogen-bond acceptors (Lipinski definition) is 6. The fourth-order valence-electron chi connectivity index (χ4n) is 5.44. The zero-order chi connectivity index (χ0) is 33.5. The fourth-order valence-corrected chi connectivity index (χ4v) is 5.44. The molecule has 6 heteroatoms. The quantitative estimate of drug-likeness (QED) is 0.0339. The molecule has 0 saturated carbocycles. The smallest absolute Gasteiger partial charge is 0.305 e. The summed E-state index contributed by atoms with van der Waals surface area (Å²) < 4.78 is 16.0. The van der Waals surface area contributed by atoms with Crippen LogP contribution in [0.3, 0.4) is 0 Å². The number of carbonyl (C=O) groups excluding carboxylic acids is 2. The molecule has 46 heavy (non-hydrogen) atoms. The van der Waals surface area contributed by atoms with Gasteiger partial charge in [0, 0.05) is 12.8 Å². The van der Waals surface area contributed by atoms with Crippen molar-refractivity contribution in [1.82, 2.24) is 0 Å². The highest BCUT2D eigenvalue weighted by atomic mass is 16.6. The van der Waals surface area contributed by atoms with Crippen molar-refractivity contribution < 1.29 is 28.9 Å². The average molecular weight is 647 g/mol. The molecule has 266 valence electrons. The van der Waals surface area contributed by atoms with E-state index in [0.29, 0.717) is 19.3 Å². The van der Waals surface area contributed by atoms with Crippen molar-refractivity contribution in [2.45, 2.75) is 187 Å². The van der Waals surface area contributed by atoms with Crippen LogP contribution in [-0.4, -0.2) is 48.6 Å². The molecule has 6 nitrogen and oxygen atoms in total. The summed E-state index contributed by atoms with van der Waals surface area (Å²) in [5, 5.41) is 10.0. The zero-order valence-electron chi connectivity index (χ0n) is 29.9. The van der Waals surface area contributed by atoms with Crippen LogP contribution in [0.4, 0.5) is 0 Å². The number of aliphatic hydroxyl groups excluding tert-OH is 1. The van der Waals surface area contributed by atoms with Crippen LogP contribution in [0.25, 0.3) is 0 Å². The maximum atomic E-state index is 12.0. The highest BCUT2D eigenvalue weighted by molar-refractivity contribution is 5.69. The fraction of sp³-hybridized carbons (Fsp3) is 0.800. The van der Waals surface area contributed by atoms with Crippen LogP contribution in [0.2, 0.25) is 0 Å². The van der Waals surface area contributed by atoms with Crippen LogP contribution in [0.1, 0.15) is 168 Å². The van der Waals surface area contributed by atoms with Crippen LogP contribution in [-0.2, 0) is 23.8 Å². The minimum absolute atomic E-state index is 0.138. The summed E-state index contributed by atoms with van der Waals surface area (Å²) in [6.45, 7) is 6.56. The SMILES string of the molecule is CCCCC/C=C\C/C=C\C/C=C\CC1OC1CCCC(=O)OC[C@@H](O)COC(=O)CCCCCCCCCCCCC(C)CC. The van der Waals surface area contributed by atoms with Gasteiger partial charge in [-0.1, -0.05) is 141 Å². The average Bonchev–Trinajstić information content (AvgIpc) is 3.81. The van der Waals surface area contributed by atoms with Crippen LogP contribution in [0.5, 0.6) is 0 Å². The number of unbranched alkanes of at least 4 members (excludes halogenated alkanes) is 12. The predicted octanol–water partition coefficient (Wildman–Crippen LogP) is 10.5. The molecule has 1 saturated heterocycles. The standard InChI is InChI=1S/C40H70O6/c1-4-6-7-8-9-10-11-12-16-19-22-25-29-37-38(46-37)30-27-32-40(43)45-34-36(41)33-44-39(42)31-26-23-20-17-14-13-15-18-21-24-28-35(3)5-2/h9-10,12,16,22,25,35-38,41H,4-8,11,13-15,17-21,23-24,26-34H2,1-3H3/b10-9-,16-12-,25-22-/t35?,36-,37?,38?/m0/s1. The molecule has 0 aromatic rings. The summed E-state index contributed by atoms with van der Waals surface area (Å²) in [5.74, 6) is 0.235. The number of allylic oxidation sites excluding steroid dienone is 5. The van der Waals surface area contributed by atoms with Gasteiger partial charge >= 0.3 is 11.9 Å². The van der Waals surface area contributed by atoms with Crippen molar-refractivity contribution in [2.75, 3.05) is 13.2 Å². The zero-order valence-corrected chi connectivity index (χ0v) is 29.9. The van der Waals surface area contributed by atoms with Gasteiger partial charge in [-0.3, -0.25) is 9.59 Å². The van der Waals surface area contributed by atoms with Crippen molar-refractivity contribution >= 4 is 11.9 Å². The predicted molar refractivity (Wildman–Crippen MR) is 191 cm³/mol. The highest BCUT2D eigenvalue weighted by Gasteiger charge is 2.36. The molecular formula is C40H70O6. The molecule has 1 fully saturated rings. The number of aliphatic hydroxyl groups is 1. The Bertz CT molecular complexity index is 819. The Morgan fingerprint density at radius 3 is 1.83 bits per heavy atom. The van der Waals surface area contributed by atoms with E-state index in [4.69, 9.17) is 14.2 Å². The molecule has 1 aliphatic heterocycles. The molecule has 1 N–H and O–H groups in total. The molecular weight excluding hydrogens is 576 g/mol. The first-order valence-electron chi connectivity index (χ1n) is 19.1. The number of carbonyl (C=O) groups is 2. The Hall–Kier alpha value is -1.92. The normalized spacial score (nSPS) is 17.7. The molecule has 0 radical (unpaired) electrons. The van der Waals surface area contributed by atoms with E-state index in [1.54, 1.807) is 0 Å². The number of epoxide rings is 1. The van der Waals surface area contributed by atoms with Gasteiger partial charge in [0.15, 0.2) is 0 Å². The monoisotopic (exact) mass is 647 g/mol. The van der Waals surface area contributed by atoms with Gasteiger partial charge in [-0.25, -0.2) is 0 Å². The number of rotatable bonds is 32. The molecule has 3 unspecified atom stereocenters. The summed E-state index contributed by atoms with van der Waals surface area (Å²) in [4.78, 5) is 24.0. The first kappa shape index (κ1) is 42.1. The van der Waals surface area contributed by atoms with E-state index in [-0.39, 0.29) is 37.4 Å². The lowest BCUT2D eigenvalue weighted by Crippen LogP contribution is -2.25. The number of esters is 2. The third-order valence-corrected chi connectivity index (χ3v) is 8.84. The second kappa shape index (κ2) is 30.4. The van der Waals surface area contributed by atoms with Gasteiger partial charge in [-0.05, 0) is 57.3 Å². The molecule has 0 aliphatic carbocycles. The van der Waals surface area contributed by atoms with Crippen LogP contribution in [0, 0.1) is 5.92 Å². The van der Waals surface area contributed by atoms with E-state index in [0.717, 1.165) is 50.9 Å². The molecule has 1 rings (SSSR count). The lowest BCUT2D eigenvalue weighted by Gasteiger charge is -2.12. The summed E-state index contributed by atoms with van der Waals surface area (Å²) in [5.41, 5.74) is 0. The third-order valence-electron chi connectivity index (χ3n) is 8.84. The van der Waals surface area contributed by atoms with E-state index in [9.17, 15) is 14.7 Å². The van der Waals surface area contributed by atoms with Gasteiger partial charge in [-0.2, -0.15) is 0 Å². The second-order valence-corrected chi connectivity index (χ2v) is 13.3. The van der Waals surface area contributed by atoms with E-state index in [1.165, 1.54) is 83.5 Å². The van der Waals surface area contributed by atoms with Crippen molar-refractivity contribution in [2.24, 2.45) is 5.92 Å². The summed E-state index contributed by atoms with van der Waals surface area (Å²) in [6.07, 6.45) is 37.8. The first-order chi connectivity index (χ1) is 22.5. The Kier molecular flexibility index (Phi) is 27.8. The Balaban J connectivity index is 1.89. The summed E-state index contributed by atoms with van der Waals surface area (Å²) in [6, 6.07) is 0. The van der Waals surface area contributed by atoms with Gasteiger partial charge in [-0.15, -0.1) is 0 Å². The molecule has 0 aromatic carbocycles. The van der Waals surface area contributed by atoms with Crippen molar-refractivity contribution in [3.05, 3.63) is 36.5 Å². The highest BCUT2D eigenvalue weighted by Crippen LogP contribution is 2.30. The molecule has 4 atom stereocenters. The first-order valence-corrected chi connectivity index (χ1v) is 19.1. The van der Waals surface area contributed by atoms with Gasteiger partial charge in [0.2, 0.25) is 0 Å². The van der Waals surface area contributed by atoms with Crippen LogP contribution < -0.4 is 0 Å². The minimum Gasteiger partial charge on any atom is -0.463 e. The Morgan fingerprint density at radius 1 is 0.674 bits per heavy atom. The second-order valence-electron chi connectivity index (χ2n) is 13.3. The third kappa shape index (κ3) is 27.2. The van der Waals surface area contributed by atoms with E-state index in [1.807, 2.05) is 0 Å². The lowest BCUT2D eigenvalue weighted by atomic mass is 9.99. The van der Waals surface area contributed by atoms with Gasteiger partial charge in [0.05, 0.1) is 12.2 Å². The summed E-state index contributed by atoms with van der Waals surface area (Å²) >= 11 is 0. The van der Waals surface area contributed by atoms with Crippen molar-refractivity contribution in [1.29, 1.82) is 0 Å². The minimum atomic E-state index is -0.993. The number of hydrogen-bond donors (Lipinski definition) is 1. The molecule has 1 heterocycles. The van der Waals surface area contributed by atoms with Crippen molar-refractivity contribution in [3.8, 4) is 0 Å². The molecule has 0 aromatic heterocycles. The Labute approximate surface area is 282 Å². The van der Waals surface area contributed by atoms with Gasteiger partial charge in [0.25, 0.3) is 0 Å². The number of ether oxygens (including phenoxy) is 3. The van der Waals surface area contributed by atoms with E-state index >= 15 is 0 Å². The molecule has 0 spiro atoms.